The van der Waals surface area contributed by atoms with Gasteiger partial charge in [-0.3, -0.25) is 9.59 Å². The molecule has 3 aromatic rings. The molecule has 1 aliphatic heterocycles. The molecule has 2 amide bonds. The largest absolute Gasteiger partial charge is 0.326 e. The third kappa shape index (κ3) is 3.17. The molecule has 0 atom stereocenters. The fraction of sp³-hybridized carbons (Fsp3) is 0.100. The fourth-order valence-corrected chi connectivity index (χ4v) is 2.96. The molecule has 0 fully saturated rings. The van der Waals surface area contributed by atoms with E-state index in [0.717, 1.165) is 22.6 Å². The van der Waals surface area contributed by atoms with E-state index in [9.17, 15) is 9.59 Å². The standard InChI is InChI=1S/C20H17N3O2/c24-19-10-5-15-13-16(6-9-18(15)22-19)21-20(25)14-3-7-17(8-4-14)23-11-1-2-12-23/h1-4,6-9,11-13H,5,10H2,(H,21,25)(H,22,24). The number of nitrogens with one attached hydrogen (secondary N) is 2. The maximum atomic E-state index is 12.4. The molecule has 0 aliphatic carbocycles. The van der Waals surface area contributed by atoms with E-state index in [-0.39, 0.29) is 11.8 Å². The fourth-order valence-electron chi connectivity index (χ4n) is 2.96. The monoisotopic (exact) mass is 331 g/mol. The summed E-state index contributed by atoms with van der Waals surface area (Å²) < 4.78 is 1.99. The number of carbonyl (C=O) groups is 2. The van der Waals surface area contributed by atoms with E-state index in [0.29, 0.717) is 18.4 Å². The molecule has 0 spiro atoms. The number of amides is 2. The molecule has 5 nitrogen and oxygen atoms in total. The predicted molar refractivity (Wildman–Crippen MR) is 97.1 cm³/mol. The van der Waals surface area contributed by atoms with Crippen molar-refractivity contribution in [2.24, 2.45) is 0 Å². The number of hydrogen-bond donors (Lipinski definition) is 2. The van der Waals surface area contributed by atoms with Crippen molar-refractivity contribution in [3.8, 4) is 5.69 Å². The van der Waals surface area contributed by atoms with Crippen LogP contribution in [0, 0.1) is 0 Å². The summed E-state index contributed by atoms with van der Waals surface area (Å²) >= 11 is 0. The van der Waals surface area contributed by atoms with Gasteiger partial charge in [0.05, 0.1) is 0 Å². The molecule has 5 heteroatoms. The van der Waals surface area contributed by atoms with Gasteiger partial charge >= 0.3 is 0 Å². The van der Waals surface area contributed by atoms with Gasteiger partial charge in [0.1, 0.15) is 0 Å². The van der Waals surface area contributed by atoms with Crippen LogP contribution in [-0.2, 0) is 11.2 Å². The van der Waals surface area contributed by atoms with Crippen LogP contribution in [0.3, 0.4) is 0 Å². The zero-order chi connectivity index (χ0) is 17.2. The number of nitrogens with zero attached hydrogens (tertiary/aromatic N) is 1. The van der Waals surface area contributed by atoms with Crippen molar-refractivity contribution in [3.63, 3.8) is 0 Å². The Morgan fingerprint density at radius 3 is 2.52 bits per heavy atom. The molecule has 2 N–H and O–H groups in total. The summed E-state index contributed by atoms with van der Waals surface area (Å²) in [6.45, 7) is 0. The van der Waals surface area contributed by atoms with Crippen LogP contribution in [0.15, 0.2) is 67.0 Å². The number of carbonyl (C=O) groups excluding carboxylic acids is 2. The van der Waals surface area contributed by atoms with Crippen molar-refractivity contribution in [3.05, 3.63) is 78.1 Å². The lowest BCUT2D eigenvalue weighted by Gasteiger charge is -2.17. The zero-order valence-corrected chi connectivity index (χ0v) is 13.5. The topological polar surface area (TPSA) is 63.1 Å². The molecule has 1 aromatic heterocycles. The molecular formula is C20H17N3O2. The van der Waals surface area contributed by atoms with E-state index >= 15 is 0 Å². The molecular weight excluding hydrogens is 314 g/mol. The summed E-state index contributed by atoms with van der Waals surface area (Å²) in [5, 5.41) is 5.75. The van der Waals surface area contributed by atoms with Gasteiger partial charge in [0, 0.05) is 41.4 Å². The molecule has 124 valence electrons. The maximum Gasteiger partial charge on any atom is 0.255 e. The van der Waals surface area contributed by atoms with E-state index in [1.165, 1.54) is 0 Å². The molecule has 0 bridgehead atoms. The highest BCUT2D eigenvalue weighted by atomic mass is 16.2. The summed E-state index contributed by atoms with van der Waals surface area (Å²) in [6, 6.07) is 16.9. The smallest absolute Gasteiger partial charge is 0.255 e. The Morgan fingerprint density at radius 2 is 1.76 bits per heavy atom. The lowest BCUT2D eigenvalue weighted by atomic mass is 10.0. The first-order valence-corrected chi connectivity index (χ1v) is 8.16. The minimum atomic E-state index is -0.154. The van der Waals surface area contributed by atoms with Crippen LogP contribution in [0.4, 0.5) is 11.4 Å². The van der Waals surface area contributed by atoms with Crippen LogP contribution in [-0.4, -0.2) is 16.4 Å². The van der Waals surface area contributed by atoms with Crippen LogP contribution in [0.25, 0.3) is 5.69 Å². The number of aromatic nitrogens is 1. The third-order valence-corrected chi connectivity index (χ3v) is 4.29. The van der Waals surface area contributed by atoms with Crippen molar-refractivity contribution in [2.75, 3.05) is 10.6 Å². The Balaban J connectivity index is 1.49. The molecule has 0 saturated heterocycles. The predicted octanol–water partition coefficient (Wildman–Crippen LogP) is 3.61. The molecule has 1 aliphatic rings. The average Bonchev–Trinajstić information content (AvgIpc) is 3.17. The van der Waals surface area contributed by atoms with Crippen molar-refractivity contribution in [1.29, 1.82) is 0 Å². The van der Waals surface area contributed by atoms with Crippen molar-refractivity contribution < 1.29 is 9.59 Å². The highest BCUT2D eigenvalue weighted by molar-refractivity contribution is 6.04. The number of aryl methyl sites for hydroxylation is 1. The van der Waals surface area contributed by atoms with Gasteiger partial charge in [-0.15, -0.1) is 0 Å². The summed E-state index contributed by atoms with van der Waals surface area (Å²) in [7, 11) is 0. The van der Waals surface area contributed by atoms with Crippen LogP contribution in [0.1, 0.15) is 22.3 Å². The van der Waals surface area contributed by atoms with Gasteiger partial charge in [-0.25, -0.2) is 0 Å². The quantitative estimate of drug-likeness (QED) is 0.770. The van der Waals surface area contributed by atoms with Gasteiger partial charge in [-0.2, -0.15) is 0 Å². The summed E-state index contributed by atoms with van der Waals surface area (Å²) in [4.78, 5) is 23.8. The van der Waals surface area contributed by atoms with E-state index < -0.39 is 0 Å². The Kier molecular flexibility index (Phi) is 3.82. The lowest BCUT2D eigenvalue weighted by molar-refractivity contribution is -0.116. The van der Waals surface area contributed by atoms with Crippen molar-refractivity contribution in [2.45, 2.75) is 12.8 Å². The van der Waals surface area contributed by atoms with Gasteiger partial charge in [0.25, 0.3) is 5.91 Å². The van der Waals surface area contributed by atoms with Crippen molar-refractivity contribution in [1.82, 2.24) is 4.57 Å². The zero-order valence-electron chi connectivity index (χ0n) is 13.5. The summed E-state index contributed by atoms with van der Waals surface area (Å²) in [5.74, 6) is -0.120. The molecule has 0 radical (unpaired) electrons. The van der Waals surface area contributed by atoms with Gasteiger partial charge in [-0.1, -0.05) is 0 Å². The molecule has 25 heavy (non-hydrogen) atoms. The first-order chi connectivity index (χ1) is 12.2. The first-order valence-electron chi connectivity index (χ1n) is 8.16. The van der Waals surface area contributed by atoms with Crippen LogP contribution in [0.2, 0.25) is 0 Å². The minimum Gasteiger partial charge on any atom is -0.326 e. The highest BCUT2D eigenvalue weighted by Gasteiger charge is 2.15. The van der Waals surface area contributed by atoms with Crippen LogP contribution in [0.5, 0.6) is 0 Å². The third-order valence-electron chi connectivity index (χ3n) is 4.29. The Hall–Kier alpha value is -3.34. The van der Waals surface area contributed by atoms with E-state index in [1.54, 1.807) is 6.07 Å². The second-order valence-electron chi connectivity index (χ2n) is 6.01. The number of fused-ring (bicyclic) bond motifs is 1. The van der Waals surface area contributed by atoms with E-state index in [1.807, 2.05) is 65.5 Å². The number of anilines is 2. The number of rotatable bonds is 3. The second kappa shape index (κ2) is 6.28. The van der Waals surface area contributed by atoms with Crippen LogP contribution >= 0.6 is 0 Å². The Morgan fingerprint density at radius 1 is 1.00 bits per heavy atom. The maximum absolute atomic E-state index is 12.4. The second-order valence-corrected chi connectivity index (χ2v) is 6.01. The number of hydrogen-bond acceptors (Lipinski definition) is 2. The van der Waals surface area contributed by atoms with Gasteiger partial charge < -0.3 is 15.2 Å². The minimum absolute atomic E-state index is 0.0343. The Labute approximate surface area is 145 Å². The molecule has 2 heterocycles. The average molecular weight is 331 g/mol. The van der Waals surface area contributed by atoms with Gasteiger partial charge in [0.2, 0.25) is 5.91 Å². The molecule has 0 unspecified atom stereocenters. The normalized spacial score (nSPS) is 13.0. The van der Waals surface area contributed by atoms with E-state index in [4.69, 9.17) is 0 Å². The highest BCUT2D eigenvalue weighted by Crippen LogP contribution is 2.26. The van der Waals surface area contributed by atoms with Crippen molar-refractivity contribution >= 4 is 23.2 Å². The number of benzene rings is 2. The van der Waals surface area contributed by atoms with E-state index in [2.05, 4.69) is 10.6 Å². The summed E-state index contributed by atoms with van der Waals surface area (Å²) in [5.41, 5.74) is 4.20. The summed E-state index contributed by atoms with van der Waals surface area (Å²) in [6.07, 6.45) is 5.09. The molecule has 0 saturated carbocycles. The van der Waals surface area contributed by atoms with Gasteiger partial charge in [0.15, 0.2) is 0 Å². The molecule has 4 rings (SSSR count). The van der Waals surface area contributed by atoms with Gasteiger partial charge in [-0.05, 0) is 66.6 Å². The Bertz CT molecular complexity index is 928. The van der Waals surface area contributed by atoms with Crippen LogP contribution < -0.4 is 10.6 Å². The lowest BCUT2D eigenvalue weighted by Crippen LogP contribution is -2.19. The molecule has 2 aromatic carbocycles. The first kappa shape index (κ1) is 15.2. The SMILES string of the molecule is O=C1CCc2cc(NC(=O)c3ccc(-n4cccc4)cc3)ccc2N1.